The molecule has 10 heavy (non-hydrogen) atoms. The van der Waals surface area contributed by atoms with Gasteiger partial charge in [-0.05, 0) is 32.3 Å². The van der Waals surface area contributed by atoms with Crippen LogP contribution in [0.5, 0.6) is 0 Å². The number of hydrogen-bond acceptors (Lipinski definition) is 0. The number of allylic oxidation sites excluding steroid dienone is 3. The third kappa shape index (κ3) is 7.34. The Balaban J connectivity index is 3.13. The molecule has 0 unspecified atom stereocenters. The van der Waals surface area contributed by atoms with E-state index in [0.29, 0.717) is 6.42 Å². The highest BCUT2D eigenvalue weighted by molar-refractivity contribution is 4.82. The number of hydrogen-bond donors (Lipinski definition) is 0. The molecule has 0 saturated carbocycles. The lowest BCUT2D eigenvalue weighted by atomic mass is 10.2. The molecule has 0 spiro atoms. The Labute approximate surface area is 60.2 Å². The van der Waals surface area contributed by atoms with Gasteiger partial charge in [-0.25, -0.2) is 0 Å². The van der Waals surface area contributed by atoms with Gasteiger partial charge in [0, 0.05) is 0 Å². The molecule has 0 nitrogen and oxygen atoms in total. The second-order valence-electron chi connectivity index (χ2n) is 1.99. The minimum absolute atomic E-state index is 0.479. The van der Waals surface area contributed by atoms with E-state index in [1.54, 1.807) is 0 Å². The van der Waals surface area contributed by atoms with Gasteiger partial charge in [-0.1, -0.05) is 12.2 Å². The smallest absolute Gasteiger partial charge is 0.174 e. The van der Waals surface area contributed by atoms with E-state index in [-0.39, 0.29) is 0 Å². The summed E-state index contributed by atoms with van der Waals surface area (Å²) < 4.78 is 22.8. The molecule has 0 aromatic rings. The Kier molecular flexibility index (Phi) is 6.03. The van der Waals surface area contributed by atoms with E-state index in [1.807, 2.05) is 19.1 Å². The zero-order valence-electron chi connectivity index (χ0n) is 6.11. The third-order valence-corrected chi connectivity index (χ3v) is 1.11. The predicted molar refractivity (Wildman–Crippen MR) is 39.0 cm³/mol. The molecule has 0 aliphatic rings. The highest BCUT2D eigenvalue weighted by atomic mass is 19.3. The number of unbranched alkanes of at least 4 members (excludes halogenated alkanes) is 2. The Morgan fingerprint density at radius 1 is 1.30 bits per heavy atom. The van der Waals surface area contributed by atoms with Gasteiger partial charge >= 0.3 is 0 Å². The van der Waals surface area contributed by atoms with Crippen LogP contribution in [0.15, 0.2) is 24.3 Å². The van der Waals surface area contributed by atoms with Crippen molar-refractivity contribution in [2.45, 2.75) is 26.2 Å². The molecular weight excluding hydrogens is 134 g/mol. The molecule has 0 radical (unpaired) electrons. The second kappa shape index (κ2) is 6.46. The summed E-state index contributed by atoms with van der Waals surface area (Å²) in [6, 6.07) is 0. The summed E-state index contributed by atoms with van der Waals surface area (Å²) in [6.07, 6.45) is 5.47. The summed E-state index contributed by atoms with van der Waals surface area (Å²) in [7, 11) is 0. The first-order valence-electron chi connectivity index (χ1n) is 3.39. The maximum atomic E-state index is 11.4. The fraction of sp³-hybridized carbons (Fsp3) is 0.500. The minimum atomic E-state index is -1.57. The molecule has 0 N–H and O–H groups in total. The molecular formula is C8H12F2. The largest absolute Gasteiger partial charge is 0.266 e. The van der Waals surface area contributed by atoms with Gasteiger partial charge in [0.15, 0.2) is 0 Å². The summed E-state index contributed by atoms with van der Waals surface area (Å²) in [6.45, 7) is 1.92. The second-order valence-corrected chi connectivity index (χ2v) is 1.99. The molecule has 0 aromatic heterocycles. The van der Waals surface area contributed by atoms with E-state index in [2.05, 4.69) is 0 Å². The van der Waals surface area contributed by atoms with Gasteiger partial charge < -0.3 is 0 Å². The van der Waals surface area contributed by atoms with Crippen LogP contribution in [0, 0.1) is 0 Å². The molecule has 0 saturated heterocycles. The van der Waals surface area contributed by atoms with E-state index >= 15 is 0 Å². The first-order chi connectivity index (χ1) is 4.77. The molecule has 58 valence electrons. The summed E-state index contributed by atoms with van der Waals surface area (Å²) in [4.78, 5) is 0. The van der Waals surface area contributed by atoms with Crippen molar-refractivity contribution in [3.63, 3.8) is 0 Å². The van der Waals surface area contributed by atoms with Gasteiger partial charge in [-0.15, -0.1) is 0 Å². The van der Waals surface area contributed by atoms with Crippen LogP contribution in [0.3, 0.4) is 0 Å². The van der Waals surface area contributed by atoms with Crippen molar-refractivity contribution in [1.29, 1.82) is 0 Å². The van der Waals surface area contributed by atoms with Crippen LogP contribution >= 0.6 is 0 Å². The van der Waals surface area contributed by atoms with Gasteiger partial charge in [0.2, 0.25) is 0 Å². The van der Waals surface area contributed by atoms with Gasteiger partial charge in [-0.3, -0.25) is 0 Å². The molecule has 0 aliphatic carbocycles. The normalized spacial score (nSPS) is 10.3. The van der Waals surface area contributed by atoms with Crippen LogP contribution in [0.2, 0.25) is 0 Å². The minimum Gasteiger partial charge on any atom is -0.174 e. The Morgan fingerprint density at radius 3 is 2.50 bits per heavy atom. The van der Waals surface area contributed by atoms with Gasteiger partial charge in [-0.2, -0.15) is 8.78 Å². The Hall–Kier alpha value is -0.660. The fourth-order valence-corrected chi connectivity index (χ4v) is 0.614. The molecule has 0 aromatic carbocycles. The van der Waals surface area contributed by atoms with Crippen LogP contribution in [0.4, 0.5) is 8.78 Å². The monoisotopic (exact) mass is 146 g/mol. The number of halogens is 2. The maximum absolute atomic E-state index is 11.4. The average molecular weight is 146 g/mol. The molecule has 0 atom stereocenters. The third-order valence-electron chi connectivity index (χ3n) is 1.11. The van der Waals surface area contributed by atoms with Crippen molar-refractivity contribution >= 4 is 0 Å². The summed E-state index contributed by atoms with van der Waals surface area (Å²) in [5, 5.41) is 0. The zero-order valence-corrected chi connectivity index (χ0v) is 6.11. The Bertz CT molecular complexity index is 121. The van der Waals surface area contributed by atoms with Gasteiger partial charge in [0.25, 0.3) is 6.08 Å². The van der Waals surface area contributed by atoms with Crippen molar-refractivity contribution in [3.8, 4) is 0 Å². The highest BCUT2D eigenvalue weighted by Gasteiger charge is 1.86. The quantitative estimate of drug-likeness (QED) is 0.420. The van der Waals surface area contributed by atoms with E-state index < -0.39 is 6.08 Å². The number of rotatable bonds is 4. The summed E-state index contributed by atoms with van der Waals surface area (Å²) in [5.74, 6) is 0. The van der Waals surface area contributed by atoms with Crippen molar-refractivity contribution in [3.05, 3.63) is 24.3 Å². The maximum Gasteiger partial charge on any atom is 0.266 e. The van der Waals surface area contributed by atoms with Crippen LogP contribution in [-0.2, 0) is 0 Å². The van der Waals surface area contributed by atoms with E-state index in [4.69, 9.17) is 0 Å². The lowest BCUT2D eigenvalue weighted by molar-refractivity contribution is 0.417. The highest BCUT2D eigenvalue weighted by Crippen LogP contribution is 2.03. The SMILES string of the molecule is CC=CCCCC=C(F)F. The molecule has 2 heteroatoms. The van der Waals surface area contributed by atoms with Crippen molar-refractivity contribution in [2.75, 3.05) is 0 Å². The van der Waals surface area contributed by atoms with Crippen molar-refractivity contribution in [1.82, 2.24) is 0 Å². The molecule has 0 aliphatic heterocycles. The van der Waals surface area contributed by atoms with Crippen molar-refractivity contribution < 1.29 is 8.78 Å². The predicted octanol–water partition coefficient (Wildman–Crippen LogP) is 3.51. The van der Waals surface area contributed by atoms with Gasteiger partial charge in [0.1, 0.15) is 0 Å². The van der Waals surface area contributed by atoms with E-state index in [0.717, 1.165) is 18.9 Å². The summed E-state index contributed by atoms with van der Waals surface area (Å²) in [5.41, 5.74) is 0. The molecule has 0 bridgehead atoms. The fourth-order valence-electron chi connectivity index (χ4n) is 0.614. The first-order valence-corrected chi connectivity index (χ1v) is 3.39. The van der Waals surface area contributed by atoms with Gasteiger partial charge in [0.05, 0.1) is 0 Å². The molecule has 0 amide bonds. The Morgan fingerprint density at radius 2 is 2.00 bits per heavy atom. The first kappa shape index (κ1) is 9.34. The lowest BCUT2D eigenvalue weighted by Gasteiger charge is -1.87. The standard InChI is InChI=1S/C8H12F2/c1-2-3-4-5-6-7-8(9)10/h2-3,7H,4-6H2,1H3. The van der Waals surface area contributed by atoms with E-state index in [1.165, 1.54) is 0 Å². The molecule has 0 heterocycles. The zero-order chi connectivity index (χ0) is 7.82. The molecule has 0 rings (SSSR count). The topological polar surface area (TPSA) is 0 Å². The average Bonchev–Trinajstić information content (AvgIpc) is 1.87. The van der Waals surface area contributed by atoms with Crippen molar-refractivity contribution in [2.24, 2.45) is 0 Å². The van der Waals surface area contributed by atoms with Crippen LogP contribution in [0.25, 0.3) is 0 Å². The van der Waals surface area contributed by atoms with Crippen LogP contribution < -0.4 is 0 Å². The van der Waals surface area contributed by atoms with Crippen LogP contribution in [-0.4, -0.2) is 0 Å². The molecule has 0 fully saturated rings. The summed E-state index contributed by atoms with van der Waals surface area (Å²) >= 11 is 0. The van der Waals surface area contributed by atoms with Crippen LogP contribution in [0.1, 0.15) is 26.2 Å². The van der Waals surface area contributed by atoms with E-state index in [9.17, 15) is 8.78 Å². The lowest BCUT2D eigenvalue weighted by Crippen LogP contribution is -1.68.